The van der Waals surface area contributed by atoms with Gasteiger partial charge in [-0.15, -0.1) is 0 Å². The smallest absolute Gasteiger partial charge is 0.169 e. The Kier molecular flexibility index (Phi) is 7.96. The standard InChI is InChI=1S/C16H14.C4H14OSi2/c1-3-13-11-8-12-16(15(13)4-2)14-9-6-5-7-10-14;1-6-5-7(2,3)4/h3-12H,1-2H2;6H2,1-4H3. The minimum absolute atomic E-state index is 0.128. The molecule has 0 amide bonds. The van der Waals surface area contributed by atoms with E-state index in [2.05, 4.69) is 63.6 Å². The van der Waals surface area contributed by atoms with E-state index in [4.69, 9.17) is 4.12 Å². The quantitative estimate of drug-likeness (QED) is 0.643. The van der Waals surface area contributed by atoms with Crippen LogP contribution in [0, 0.1) is 0 Å². The summed E-state index contributed by atoms with van der Waals surface area (Å²) in [5.41, 5.74) is 4.68. The summed E-state index contributed by atoms with van der Waals surface area (Å²) in [6.45, 7) is 16.6. The molecule has 2 aromatic rings. The van der Waals surface area contributed by atoms with E-state index < -0.39 is 8.32 Å². The fourth-order valence-corrected chi connectivity index (χ4v) is 5.76. The van der Waals surface area contributed by atoms with Crippen molar-refractivity contribution >= 4 is 30.2 Å². The molecule has 0 radical (unpaired) electrons. The van der Waals surface area contributed by atoms with Gasteiger partial charge >= 0.3 is 0 Å². The van der Waals surface area contributed by atoms with E-state index in [1.807, 2.05) is 36.4 Å². The fourth-order valence-electron chi connectivity index (χ4n) is 2.29. The average molecular weight is 341 g/mol. The molecule has 2 rings (SSSR count). The molecule has 2 aromatic carbocycles. The van der Waals surface area contributed by atoms with Crippen LogP contribution in [0.15, 0.2) is 61.7 Å². The van der Waals surface area contributed by atoms with Gasteiger partial charge in [-0.05, 0) is 41.9 Å². The van der Waals surface area contributed by atoms with Gasteiger partial charge in [0.25, 0.3) is 0 Å². The normalized spacial score (nSPS) is 11.0. The first-order valence-corrected chi connectivity index (χ1v) is 13.4. The van der Waals surface area contributed by atoms with E-state index in [0.29, 0.717) is 0 Å². The van der Waals surface area contributed by atoms with Crippen molar-refractivity contribution in [1.29, 1.82) is 0 Å². The Hall–Kier alpha value is -1.69. The summed E-state index contributed by atoms with van der Waals surface area (Å²) < 4.78 is 5.51. The number of rotatable bonds is 5. The molecule has 0 saturated heterocycles. The van der Waals surface area contributed by atoms with Gasteiger partial charge < -0.3 is 4.12 Å². The summed E-state index contributed by atoms with van der Waals surface area (Å²) in [6.07, 6.45) is 3.75. The van der Waals surface area contributed by atoms with Crippen LogP contribution in [0.4, 0.5) is 0 Å². The first-order valence-electron chi connectivity index (χ1n) is 8.00. The minimum Gasteiger partial charge on any atom is -0.461 e. The molecule has 0 N–H and O–H groups in total. The highest BCUT2D eigenvalue weighted by atomic mass is 28.4. The zero-order valence-electron chi connectivity index (χ0n) is 14.8. The zero-order chi connectivity index (χ0) is 17.3. The molecule has 122 valence electrons. The van der Waals surface area contributed by atoms with Gasteiger partial charge in [0.15, 0.2) is 8.32 Å². The van der Waals surface area contributed by atoms with Gasteiger partial charge in [0.1, 0.15) is 9.76 Å². The molecular weight excluding hydrogens is 312 g/mol. The topological polar surface area (TPSA) is 9.23 Å². The Balaban J connectivity index is 0.000000322. The maximum Gasteiger partial charge on any atom is 0.169 e. The highest BCUT2D eigenvalue weighted by molar-refractivity contribution is 6.73. The summed E-state index contributed by atoms with van der Waals surface area (Å²) in [4.78, 5) is 0. The molecule has 0 unspecified atom stereocenters. The Morgan fingerprint density at radius 3 is 2.00 bits per heavy atom. The molecule has 1 nitrogen and oxygen atoms in total. The lowest BCUT2D eigenvalue weighted by atomic mass is 9.95. The van der Waals surface area contributed by atoms with E-state index >= 15 is 0 Å². The van der Waals surface area contributed by atoms with Crippen LogP contribution in [0.25, 0.3) is 23.3 Å². The van der Waals surface area contributed by atoms with Gasteiger partial charge in [0, 0.05) is 0 Å². The predicted molar refractivity (Wildman–Crippen MR) is 111 cm³/mol. The summed E-state index contributed by atoms with van der Waals surface area (Å²) >= 11 is 0. The van der Waals surface area contributed by atoms with Crippen LogP contribution in [-0.2, 0) is 4.12 Å². The van der Waals surface area contributed by atoms with Crippen molar-refractivity contribution in [3.8, 4) is 11.1 Å². The maximum absolute atomic E-state index is 5.51. The van der Waals surface area contributed by atoms with Crippen LogP contribution >= 0.6 is 0 Å². The third-order valence-electron chi connectivity index (χ3n) is 3.23. The molecule has 0 aliphatic rings. The lowest BCUT2D eigenvalue weighted by molar-refractivity contribution is 0.603. The number of hydrogen-bond acceptors (Lipinski definition) is 1. The fraction of sp³-hybridized carbons (Fsp3) is 0.200. The largest absolute Gasteiger partial charge is 0.461 e. The Labute approximate surface area is 144 Å². The van der Waals surface area contributed by atoms with E-state index in [1.165, 1.54) is 11.1 Å². The van der Waals surface area contributed by atoms with Gasteiger partial charge in [0.2, 0.25) is 0 Å². The molecule has 0 aromatic heterocycles. The van der Waals surface area contributed by atoms with Crippen LogP contribution in [0.3, 0.4) is 0 Å². The number of benzene rings is 2. The lowest BCUT2D eigenvalue weighted by Gasteiger charge is -2.14. The van der Waals surface area contributed by atoms with Crippen molar-refractivity contribution in [1.82, 2.24) is 0 Å². The molecule has 0 fully saturated rings. The highest BCUT2D eigenvalue weighted by Gasteiger charge is 2.10. The summed E-state index contributed by atoms with van der Waals surface area (Å²) in [6, 6.07) is 16.5. The van der Waals surface area contributed by atoms with Gasteiger partial charge in [-0.1, -0.05) is 80.4 Å². The van der Waals surface area contributed by atoms with E-state index in [1.54, 1.807) is 0 Å². The Bertz CT molecular complexity index is 628. The van der Waals surface area contributed by atoms with Crippen molar-refractivity contribution in [2.24, 2.45) is 0 Å². The van der Waals surface area contributed by atoms with Crippen LogP contribution in [0.2, 0.25) is 26.2 Å². The maximum atomic E-state index is 5.51. The molecule has 0 bridgehead atoms. The minimum atomic E-state index is -1.10. The molecule has 0 aliphatic heterocycles. The van der Waals surface area contributed by atoms with Crippen molar-refractivity contribution in [2.45, 2.75) is 26.2 Å². The van der Waals surface area contributed by atoms with E-state index in [-0.39, 0.29) is 9.76 Å². The Morgan fingerprint density at radius 2 is 1.57 bits per heavy atom. The van der Waals surface area contributed by atoms with Crippen molar-refractivity contribution in [3.63, 3.8) is 0 Å². The Morgan fingerprint density at radius 1 is 0.913 bits per heavy atom. The van der Waals surface area contributed by atoms with Gasteiger partial charge in [-0.2, -0.15) is 0 Å². The summed E-state index contributed by atoms with van der Waals surface area (Å²) in [5, 5.41) is 0. The third-order valence-corrected chi connectivity index (χ3v) is 7.84. The second-order valence-corrected chi connectivity index (χ2v) is 12.1. The van der Waals surface area contributed by atoms with Gasteiger partial charge in [0.05, 0.1) is 0 Å². The third kappa shape index (κ3) is 6.52. The zero-order valence-corrected chi connectivity index (χ0v) is 17.2. The lowest BCUT2D eigenvalue weighted by Crippen LogP contribution is -2.26. The summed E-state index contributed by atoms with van der Waals surface area (Å²) in [5.74, 6) is 0. The second kappa shape index (κ2) is 9.45. The van der Waals surface area contributed by atoms with Gasteiger partial charge in [-0.25, -0.2) is 0 Å². The monoisotopic (exact) mass is 340 g/mol. The summed E-state index contributed by atoms with van der Waals surface area (Å²) in [7, 11) is -1.22. The number of hydrogen-bond donors (Lipinski definition) is 0. The van der Waals surface area contributed by atoms with Crippen molar-refractivity contribution in [2.75, 3.05) is 0 Å². The molecule has 3 heteroatoms. The van der Waals surface area contributed by atoms with E-state index in [9.17, 15) is 0 Å². The van der Waals surface area contributed by atoms with Crippen LogP contribution < -0.4 is 0 Å². The van der Waals surface area contributed by atoms with Crippen molar-refractivity contribution < 1.29 is 4.12 Å². The molecule has 0 atom stereocenters. The van der Waals surface area contributed by atoms with E-state index in [0.717, 1.165) is 11.1 Å². The molecule has 0 spiro atoms. The molecular formula is C20H28OSi2. The van der Waals surface area contributed by atoms with Crippen LogP contribution in [0.5, 0.6) is 0 Å². The molecule has 0 aliphatic carbocycles. The van der Waals surface area contributed by atoms with Crippen LogP contribution in [-0.4, -0.2) is 18.1 Å². The second-order valence-electron chi connectivity index (χ2n) is 6.13. The SMILES string of the molecule is C=Cc1cccc(-c2ccccc2)c1C=C.C[SiH2]O[Si](C)(C)C. The first-order chi connectivity index (χ1) is 10.9. The predicted octanol–water partition coefficient (Wildman–Crippen LogP) is 5.61. The average Bonchev–Trinajstić information content (AvgIpc) is 2.54. The molecule has 0 saturated carbocycles. The molecule has 23 heavy (non-hydrogen) atoms. The van der Waals surface area contributed by atoms with Gasteiger partial charge in [-0.3, -0.25) is 0 Å². The van der Waals surface area contributed by atoms with Crippen molar-refractivity contribution in [3.05, 3.63) is 72.8 Å². The molecule has 0 heterocycles. The van der Waals surface area contributed by atoms with Crippen LogP contribution in [0.1, 0.15) is 11.1 Å². The first kappa shape index (κ1) is 19.4. The highest BCUT2D eigenvalue weighted by Crippen LogP contribution is 2.27.